The van der Waals surface area contributed by atoms with Crippen LogP contribution in [0.2, 0.25) is 5.02 Å². The minimum atomic E-state index is 0.553. The molecule has 0 saturated heterocycles. The molecule has 0 fully saturated rings. The minimum Gasteiger partial charge on any atom is -0.495 e. The minimum absolute atomic E-state index is 0.553. The van der Waals surface area contributed by atoms with Gasteiger partial charge in [0.05, 0.1) is 18.7 Å². The molecule has 15 heavy (non-hydrogen) atoms. The van der Waals surface area contributed by atoms with Gasteiger partial charge in [0.15, 0.2) is 0 Å². The first-order chi connectivity index (χ1) is 7.20. The first kappa shape index (κ1) is 10.8. The average molecular weight is 227 g/mol. The van der Waals surface area contributed by atoms with Crippen LogP contribution in [0.4, 0.5) is 0 Å². The van der Waals surface area contributed by atoms with E-state index in [9.17, 15) is 0 Å². The summed E-state index contributed by atoms with van der Waals surface area (Å²) in [5.74, 6) is 1.31. The van der Waals surface area contributed by atoms with Crippen LogP contribution in [-0.2, 0) is 17.8 Å². The van der Waals surface area contributed by atoms with Crippen LogP contribution in [0.1, 0.15) is 18.1 Å². The molecule has 0 radical (unpaired) electrons. The average Bonchev–Trinajstić information content (AvgIpc) is 2.37. The second kappa shape index (κ2) is 4.42. The number of methoxy groups -OCH3 is 1. The molecule has 0 aromatic heterocycles. The highest BCUT2D eigenvalue weighted by atomic mass is 35.5. The van der Waals surface area contributed by atoms with Crippen molar-refractivity contribution in [2.75, 3.05) is 13.7 Å². The van der Waals surface area contributed by atoms with Gasteiger partial charge in [-0.25, -0.2) is 0 Å². The molecule has 1 aromatic carbocycles. The molecule has 0 N–H and O–H groups in total. The summed E-state index contributed by atoms with van der Waals surface area (Å²) in [5.41, 5.74) is 2.48. The number of benzene rings is 1. The Morgan fingerprint density at radius 1 is 1.40 bits per heavy atom. The van der Waals surface area contributed by atoms with Crippen molar-refractivity contribution >= 4 is 11.6 Å². The second-order valence-electron chi connectivity index (χ2n) is 4.08. The molecule has 0 aliphatic carbocycles. The zero-order valence-corrected chi connectivity index (χ0v) is 9.80. The van der Waals surface area contributed by atoms with Crippen LogP contribution < -0.4 is 4.74 Å². The van der Waals surface area contributed by atoms with E-state index in [2.05, 4.69) is 6.92 Å². The van der Waals surface area contributed by atoms with Crippen LogP contribution in [0.5, 0.6) is 5.75 Å². The first-order valence-electron chi connectivity index (χ1n) is 5.13. The van der Waals surface area contributed by atoms with E-state index in [1.165, 1.54) is 11.1 Å². The third-order valence-corrected chi connectivity index (χ3v) is 3.00. The lowest BCUT2D eigenvalue weighted by Gasteiger charge is -2.10. The summed E-state index contributed by atoms with van der Waals surface area (Å²) in [7, 11) is 1.64. The van der Waals surface area contributed by atoms with E-state index in [1.807, 2.05) is 12.1 Å². The first-order valence-corrected chi connectivity index (χ1v) is 5.51. The van der Waals surface area contributed by atoms with Gasteiger partial charge in [-0.3, -0.25) is 0 Å². The fraction of sp³-hybridized carbons (Fsp3) is 0.500. The molecule has 1 aromatic rings. The van der Waals surface area contributed by atoms with Crippen molar-refractivity contribution in [1.82, 2.24) is 0 Å². The number of hydrogen-bond acceptors (Lipinski definition) is 2. The predicted molar refractivity (Wildman–Crippen MR) is 60.5 cm³/mol. The zero-order chi connectivity index (χ0) is 10.8. The molecule has 0 saturated carbocycles. The Morgan fingerprint density at radius 3 is 2.93 bits per heavy atom. The molecule has 1 aliphatic heterocycles. The van der Waals surface area contributed by atoms with Crippen molar-refractivity contribution in [1.29, 1.82) is 0 Å². The highest BCUT2D eigenvalue weighted by Gasteiger charge is 2.16. The monoisotopic (exact) mass is 226 g/mol. The Morgan fingerprint density at radius 2 is 2.20 bits per heavy atom. The molecule has 0 amide bonds. The van der Waals surface area contributed by atoms with Crippen molar-refractivity contribution in [3.05, 3.63) is 28.3 Å². The lowest BCUT2D eigenvalue weighted by atomic mass is 9.98. The van der Waals surface area contributed by atoms with E-state index >= 15 is 0 Å². The largest absolute Gasteiger partial charge is 0.495 e. The number of ether oxygens (including phenoxy) is 2. The van der Waals surface area contributed by atoms with Gasteiger partial charge in [0.1, 0.15) is 5.75 Å². The smallest absolute Gasteiger partial charge is 0.137 e. The Bertz CT molecular complexity index is 363. The standard InChI is InChI=1S/C12H15ClO2/c1-8-3-9-5-12(14-2)11(13)4-10(9)7-15-6-8/h4-5,8H,3,6-7H2,1-2H3. The summed E-state index contributed by atoms with van der Waals surface area (Å²) in [6.07, 6.45) is 1.03. The maximum Gasteiger partial charge on any atom is 0.137 e. The fourth-order valence-electron chi connectivity index (χ4n) is 1.92. The van der Waals surface area contributed by atoms with E-state index in [0.29, 0.717) is 17.5 Å². The molecule has 82 valence electrons. The van der Waals surface area contributed by atoms with Crippen LogP contribution in [0.25, 0.3) is 0 Å². The second-order valence-corrected chi connectivity index (χ2v) is 4.49. The van der Waals surface area contributed by atoms with Crippen molar-refractivity contribution in [2.45, 2.75) is 20.0 Å². The third-order valence-electron chi connectivity index (χ3n) is 2.70. The van der Waals surface area contributed by atoms with Gasteiger partial charge in [0.25, 0.3) is 0 Å². The lowest BCUT2D eigenvalue weighted by molar-refractivity contribution is 0.100. The van der Waals surface area contributed by atoms with Gasteiger partial charge >= 0.3 is 0 Å². The molecule has 1 heterocycles. The summed E-state index contributed by atoms with van der Waals surface area (Å²) >= 11 is 6.07. The van der Waals surface area contributed by atoms with Crippen molar-refractivity contribution in [2.24, 2.45) is 5.92 Å². The summed E-state index contributed by atoms with van der Waals surface area (Å²) in [5, 5.41) is 0.661. The van der Waals surface area contributed by atoms with Gasteiger partial charge in [0, 0.05) is 6.61 Å². The van der Waals surface area contributed by atoms with Gasteiger partial charge in [0.2, 0.25) is 0 Å². The Labute approximate surface area is 95.1 Å². The molecule has 1 atom stereocenters. The summed E-state index contributed by atoms with van der Waals surface area (Å²) < 4.78 is 10.8. The molecule has 0 spiro atoms. The molecule has 1 unspecified atom stereocenters. The third kappa shape index (κ3) is 2.27. The summed E-state index contributed by atoms with van der Waals surface area (Å²) in [6, 6.07) is 3.98. The number of rotatable bonds is 1. The van der Waals surface area contributed by atoms with Crippen molar-refractivity contribution in [3.63, 3.8) is 0 Å². The SMILES string of the molecule is COc1cc2c(cc1Cl)COCC(C)C2. The zero-order valence-electron chi connectivity index (χ0n) is 9.05. The Balaban J connectivity index is 2.40. The van der Waals surface area contributed by atoms with E-state index in [1.54, 1.807) is 7.11 Å². The molecule has 1 aliphatic rings. The molecule has 0 bridgehead atoms. The molecular formula is C12H15ClO2. The number of fused-ring (bicyclic) bond motifs is 1. The van der Waals surface area contributed by atoms with Gasteiger partial charge in [-0.05, 0) is 35.6 Å². The van der Waals surface area contributed by atoms with Crippen molar-refractivity contribution < 1.29 is 9.47 Å². The molecule has 3 heteroatoms. The van der Waals surface area contributed by atoms with Crippen LogP contribution in [0, 0.1) is 5.92 Å². The fourth-order valence-corrected chi connectivity index (χ4v) is 2.19. The predicted octanol–water partition coefficient (Wildman–Crippen LogP) is 3.06. The van der Waals surface area contributed by atoms with Gasteiger partial charge < -0.3 is 9.47 Å². The van der Waals surface area contributed by atoms with Crippen LogP contribution >= 0.6 is 11.6 Å². The number of hydrogen-bond donors (Lipinski definition) is 0. The topological polar surface area (TPSA) is 18.5 Å². The lowest BCUT2D eigenvalue weighted by Crippen LogP contribution is -2.04. The summed E-state index contributed by atoms with van der Waals surface area (Å²) in [4.78, 5) is 0. The van der Waals surface area contributed by atoms with E-state index in [0.717, 1.165) is 18.8 Å². The highest BCUT2D eigenvalue weighted by molar-refractivity contribution is 6.32. The van der Waals surface area contributed by atoms with Crippen LogP contribution in [0.3, 0.4) is 0 Å². The Hall–Kier alpha value is -0.730. The van der Waals surface area contributed by atoms with E-state index < -0.39 is 0 Å². The van der Waals surface area contributed by atoms with E-state index in [4.69, 9.17) is 21.1 Å². The van der Waals surface area contributed by atoms with Gasteiger partial charge in [-0.2, -0.15) is 0 Å². The van der Waals surface area contributed by atoms with Gasteiger partial charge in [-0.15, -0.1) is 0 Å². The molecule has 2 rings (SSSR count). The van der Waals surface area contributed by atoms with Crippen molar-refractivity contribution in [3.8, 4) is 5.75 Å². The molecule has 2 nitrogen and oxygen atoms in total. The quantitative estimate of drug-likeness (QED) is 0.733. The maximum atomic E-state index is 6.07. The highest BCUT2D eigenvalue weighted by Crippen LogP contribution is 2.31. The normalized spacial score (nSPS) is 20.6. The Kier molecular flexibility index (Phi) is 3.17. The van der Waals surface area contributed by atoms with Crippen LogP contribution in [0.15, 0.2) is 12.1 Å². The maximum absolute atomic E-state index is 6.07. The number of halogens is 1. The van der Waals surface area contributed by atoms with Gasteiger partial charge in [-0.1, -0.05) is 18.5 Å². The van der Waals surface area contributed by atoms with E-state index in [-0.39, 0.29) is 0 Å². The van der Waals surface area contributed by atoms with Crippen LogP contribution in [-0.4, -0.2) is 13.7 Å². The molecular weight excluding hydrogens is 212 g/mol. The summed E-state index contributed by atoms with van der Waals surface area (Å²) in [6.45, 7) is 3.66.